The van der Waals surface area contributed by atoms with Gasteiger partial charge in [-0.1, -0.05) is 154 Å². The Hall–Kier alpha value is -8.62. The highest BCUT2D eigenvalue weighted by Crippen LogP contribution is 2.48. The average molecular weight is 1040 g/mol. The highest BCUT2D eigenvalue weighted by molar-refractivity contribution is 6.14. The molecule has 0 saturated heterocycles. The lowest BCUT2D eigenvalue weighted by molar-refractivity contribution is -0.138. The van der Waals surface area contributed by atoms with Gasteiger partial charge in [0.1, 0.15) is 0 Å². The van der Waals surface area contributed by atoms with E-state index in [1.54, 1.807) is 6.07 Å². The Morgan fingerprint density at radius 1 is 0.256 bits per heavy atom. The van der Waals surface area contributed by atoms with Crippen LogP contribution >= 0.6 is 0 Å². The van der Waals surface area contributed by atoms with Crippen molar-refractivity contribution in [3.8, 4) is 67.0 Å². The van der Waals surface area contributed by atoms with Gasteiger partial charge in [-0.2, -0.15) is 26.3 Å². The third-order valence-electron chi connectivity index (χ3n) is 15.1. The summed E-state index contributed by atoms with van der Waals surface area (Å²) in [4.78, 5) is 0. The second-order valence-electron chi connectivity index (χ2n) is 21.6. The average Bonchev–Trinajstić information content (AvgIpc) is 4.08. The number of alkyl halides is 6. The largest absolute Gasteiger partial charge is 0.416 e. The van der Waals surface area contributed by atoms with Gasteiger partial charge in [0.05, 0.1) is 44.6 Å². The van der Waals surface area contributed by atoms with Gasteiger partial charge in [-0.25, -0.2) is 0 Å². The number of halogens is 6. The van der Waals surface area contributed by atoms with Gasteiger partial charge >= 0.3 is 12.4 Å². The van der Waals surface area contributed by atoms with Gasteiger partial charge in [0.15, 0.2) is 0 Å². The fourth-order valence-electron chi connectivity index (χ4n) is 12.1. The van der Waals surface area contributed by atoms with Crippen molar-refractivity contribution in [2.75, 3.05) is 0 Å². The topological polar surface area (TPSA) is 9.86 Å². The zero-order valence-corrected chi connectivity index (χ0v) is 44.5. The van der Waals surface area contributed by atoms with Crippen LogP contribution in [0, 0.1) is 55.4 Å². The molecule has 0 fully saturated rings. The lowest BCUT2D eigenvalue weighted by Crippen LogP contribution is -2.11. The van der Waals surface area contributed by atoms with E-state index in [0.717, 1.165) is 135 Å². The molecule has 0 bridgehead atoms. The van der Waals surface area contributed by atoms with Crippen LogP contribution in [-0.4, -0.2) is 9.13 Å². The van der Waals surface area contributed by atoms with Crippen molar-refractivity contribution in [3.63, 3.8) is 0 Å². The molecule has 0 saturated carbocycles. The number of benzene rings is 10. The number of aromatic nitrogens is 2. The normalized spacial score (nSPS) is 12.2. The third-order valence-corrected chi connectivity index (χ3v) is 15.1. The number of aryl methyl sites for hydroxylation is 8. The quantitative estimate of drug-likeness (QED) is 0.141. The maximum atomic E-state index is 16.1. The zero-order chi connectivity index (χ0) is 54.7. The fourth-order valence-corrected chi connectivity index (χ4v) is 12.1. The van der Waals surface area contributed by atoms with Crippen molar-refractivity contribution in [1.29, 1.82) is 0 Å². The van der Waals surface area contributed by atoms with Crippen molar-refractivity contribution >= 4 is 43.6 Å². The standard InChI is InChI=1S/C70H54F6N2/c1-39-20-40(2)25-52(24-39)47-12-16-62-58(33-47)59-34-48(53-26-41(3)21-42(4)27-53)13-17-63(59)77(62)66-37-57(70(74,75)76)38-67(68(66)51-10-9-11-56(32-51)69(71,72)73)78-64-18-14-49(54-28-43(5)22-44(6)29-54)35-60(64)61-36-50(15-19-65(61)78)55-30-45(7)23-46(8)31-55/h9-38H,1-8H3. The summed E-state index contributed by atoms with van der Waals surface area (Å²) in [6.07, 6.45) is -9.64. The van der Waals surface area contributed by atoms with Gasteiger partial charge in [-0.15, -0.1) is 0 Å². The molecule has 0 aliphatic carbocycles. The molecule has 386 valence electrons. The monoisotopic (exact) mass is 1040 g/mol. The first-order valence-corrected chi connectivity index (χ1v) is 26.1. The predicted octanol–water partition coefficient (Wildman–Crippen LogP) is 20.7. The summed E-state index contributed by atoms with van der Waals surface area (Å²) in [5.74, 6) is 0. The van der Waals surface area contributed by atoms with E-state index in [0.29, 0.717) is 22.1 Å². The van der Waals surface area contributed by atoms with Crippen LogP contribution < -0.4 is 0 Å². The van der Waals surface area contributed by atoms with Crippen molar-refractivity contribution in [2.24, 2.45) is 0 Å². The van der Waals surface area contributed by atoms with E-state index in [-0.39, 0.29) is 22.5 Å². The predicted molar refractivity (Wildman–Crippen MR) is 310 cm³/mol. The summed E-state index contributed by atoms with van der Waals surface area (Å²) < 4.78 is 97.0. The Balaban J connectivity index is 1.23. The summed E-state index contributed by atoms with van der Waals surface area (Å²) in [6.45, 7) is 16.4. The lowest BCUT2D eigenvalue weighted by Gasteiger charge is -2.23. The van der Waals surface area contributed by atoms with Crippen LogP contribution in [0.4, 0.5) is 26.3 Å². The first kappa shape index (κ1) is 50.2. The number of hydrogen-bond acceptors (Lipinski definition) is 0. The second-order valence-corrected chi connectivity index (χ2v) is 21.6. The molecule has 2 aromatic heterocycles. The molecule has 0 unspecified atom stereocenters. The van der Waals surface area contributed by atoms with Gasteiger partial charge < -0.3 is 9.13 Å². The van der Waals surface area contributed by atoms with Gasteiger partial charge in [-0.05, 0) is 178 Å². The Morgan fingerprint density at radius 3 is 0.808 bits per heavy atom. The second kappa shape index (κ2) is 18.5. The minimum Gasteiger partial charge on any atom is -0.309 e. The van der Waals surface area contributed by atoms with Crippen LogP contribution in [0.5, 0.6) is 0 Å². The first-order valence-electron chi connectivity index (χ1n) is 26.1. The van der Waals surface area contributed by atoms with Gasteiger partial charge in [0.2, 0.25) is 0 Å². The molecule has 0 spiro atoms. The van der Waals surface area contributed by atoms with E-state index in [4.69, 9.17) is 0 Å². The van der Waals surface area contributed by atoms with Crippen molar-refractivity contribution < 1.29 is 26.3 Å². The van der Waals surface area contributed by atoms with Crippen LogP contribution in [0.3, 0.4) is 0 Å². The van der Waals surface area contributed by atoms with Crippen molar-refractivity contribution in [3.05, 3.63) is 238 Å². The van der Waals surface area contributed by atoms with E-state index in [1.165, 1.54) is 6.07 Å². The van der Waals surface area contributed by atoms with E-state index in [9.17, 15) is 0 Å². The van der Waals surface area contributed by atoms with Crippen molar-refractivity contribution in [2.45, 2.75) is 67.7 Å². The zero-order valence-electron chi connectivity index (χ0n) is 44.5. The summed E-state index contributed by atoms with van der Waals surface area (Å²) in [6, 6.07) is 56.4. The summed E-state index contributed by atoms with van der Waals surface area (Å²) in [7, 11) is 0. The molecule has 12 rings (SSSR count). The Kier molecular flexibility index (Phi) is 11.9. The van der Waals surface area contributed by atoms with Crippen LogP contribution in [0.2, 0.25) is 0 Å². The molecule has 0 amide bonds. The van der Waals surface area contributed by atoms with Crippen LogP contribution in [0.1, 0.15) is 55.6 Å². The van der Waals surface area contributed by atoms with Crippen molar-refractivity contribution in [1.82, 2.24) is 9.13 Å². The highest BCUT2D eigenvalue weighted by Gasteiger charge is 2.36. The summed E-state index contributed by atoms with van der Waals surface area (Å²) in [5.41, 5.74) is 17.2. The molecule has 2 heterocycles. The molecular formula is C70H54F6N2. The third kappa shape index (κ3) is 9.02. The van der Waals surface area contributed by atoms with E-state index in [1.807, 2.05) is 113 Å². The minimum absolute atomic E-state index is 0.0751. The Morgan fingerprint density at radius 2 is 0.538 bits per heavy atom. The molecule has 0 N–H and O–H groups in total. The number of hydrogen-bond donors (Lipinski definition) is 0. The maximum Gasteiger partial charge on any atom is 0.416 e. The number of nitrogens with zero attached hydrogens (tertiary/aromatic N) is 2. The van der Waals surface area contributed by atoms with E-state index < -0.39 is 23.5 Å². The fraction of sp³-hybridized carbons (Fsp3) is 0.143. The van der Waals surface area contributed by atoms with Crippen LogP contribution in [0.25, 0.3) is 111 Å². The highest BCUT2D eigenvalue weighted by atomic mass is 19.4. The minimum atomic E-state index is -4.88. The molecule has 0 aliphatic heterocycles. The molecule has 10 aromatic carbocycles. The molecular weight excluding hydrogens is 983 g/mol. The Bertz CT molecular complexity index is 3900. The first-order chi connectivity index (χ1) is 37.1. The smallest absolute Gasteiger partial charge is 0.309 e. The molecule has 78 heavy (non-hydrogen) atoms. The van der Waals surface area contributed by atoms with Crippen LogP contribution in [0.15, 0.2) is 182 Å². The van der Waals surface area contributed by atoms with E-state index in [2.05, 4.69) is 97.1 Å². The van der Waals surface area contributed by atoms with Gasteiger partial charge in [-0.3, -0.25) is 0 Å². The molecule has 0 aliphatic rings. The Labute approximate surface area is 449 Å². The molecule has 0 atom stereocenters. The summed E-state index contributed by atoms with van der Waals surface area (Å²) in [5, 5.41) is 3.10. The number of fused-ring (bicyclic) bond motifs is 6. The van der Waals surface area contributed by atoms with Gasteiger partial charge in [0, 0.05) is 27.1 Å². The molecule has 2 nitrogen and oxygen atoms in total. The number of rotatable bonds is 7. The molecule has 8 heteroatoms. The van der Waals surface area contributed by atoms with Crippen LogP contribution in [-0.2, 0) is 12.4 Å². The lowest BCUT2D eigenvalue weighted by atomic mass is 9.96. The van der Waals surface area contributed by atoms with Gasteiger partial charge in [0.25, 0.3) is 0 Å². The summed E-state index contributed by atoms with van der Waals surface area (Å²) >= 11 is 0. The molecule has 0 radical (unpaired) electrons. The SMILES string of the molecule is Cc1cc(C)cc(-c2ccc3c(c2)c2cc(-c4cc(C)cc(C)c4)ccc2n3-c2cc(C(F)(F)F)cc(-n3c4ccc(-c5cc(C)cc(C)c5)cc4c4cc(-c5cc(C)cc(C)c5)ccc43)c2-c2cccc(C(F)(F)F)c2)c1. The molecule has 12 aromatic rings. The maximum absolute atomic E-state index is 16.1. The van der Waals surface area contributed by atoms with E-state index >= 15 is 26.3 Å².